The highest BCUT2D eigenvalue weighted by molar-refractivity contribution is 5.94. The predicted octanol–water partition coefficient (Wildman–Crippen LogP) is 3.12. The van der Waals surface area contributed by atoms with E-state index in [-0.39, 0.29) is 6.03 Å². The van der Waals surface area contributed by atoms with Gasteiger partial charge in [0, 0.05) is 31.7 Å². The molecule has 1 aromatic heterocycles. The van der Waals surface area contributed by atoms with Gasteiger partial charge in [0.1, 0.15) is 0 Å². The Kier molecular flexibility index (Phi) is 2.62. The van der Waals surface area contributed by atoms with Crippen molar-refractivity contribution in [1.29, 1.82) is 0 Å². The van der Waals surface area contributed by atoms with Gasteiger partial charge in [0.15, 0.2) is 0 Å². The highest BCUT2D eigenvalue weighted by Gasteiger charge is 2.50. The molecular formula is C18H22N4O. The molecule has 120 valence electrons. The molecule has 1 aliphatic heterocycles. The number of carbonyl (C=O) groups excluding carboxylic acids is 1. The average molecular weight is 310 g/mol. The Hall–Kier alpha value is -2.04. The summed E-state index contributed by atoms with van der Waals surface area (Å²) in [7, 11) is 3.53. The number of nitrogens with zero attached hydrogens (tertiary/aromatic N) is 3. The third kappa shape index (κ3) is 1.68. The summed E-state index contributed by atoms with van der Waals surface area (Å²) in [4.78, 5) is 13.9. The van der Waals surface area contributed by atoms with Crippen molar-refractivity contribution >= 4 is 22.6 Å². The number of nitrogens with one attached hydrogen (secondary N) is 1. The van der Waals surface area contributed by atoms with Crippen molar-refractivity contribution in [3.63, 3.8) is 0 Å². The zero-order chi connectivity index (χ0) is 15.7. The Bertz CT molecular complexity index is 809. The Morgan fingerprint density at radius 3 is 2.96 bits per heavy atom. The second-order valence-corrected chi connectivity index (χ2v) is 7.60. The fourth-order valence-corrected chi connectivity index (χ4v) is 5.36. The van der Waals surface area contributed by atoms with Gasteiger partial charge in [0.2, 0.25) is 0 Å². The molecular weight excluding hydrogens is 288 g/mol. The van der Waals surface area contributed by atoms with Crippen LogP contribution in [-0.2, 0) is 0 Å². The van der Waals surface area contributed by atoms with E-state index in [0.29, 0.717) is 5.92 Å². The molecule has 2 saturated carbocycles. The molecule has 5 heteroatoms. The summed E-state index contributed by atoms with van der Waals surface area (Å²) in [6, 6.07) is 4.08. The molecule has 2 aromatic rings. The van der Waals surface area contributed by atoms with Crippen LogP contribution < -0.4 is 5.32 Å². The molecule has 2 aliphatic carbocycles. The molecule has 5 rings (SSSR count). The van der Waals surface area contributed by atoms with Crippen LogP contribution in [0.1, 0.15) is 30.7 Å². The first-order valence-electron chi connectivity index (χ1n) is 8.61. The molecule has 2 bridgehead atoms. The zero-order valence-electron chi connectivity index (χ0n) is 13.6. The lowest BCUT2D eigenvalue weighted by atomic mass is 9.72. The van der Waals surface area contributed by atoms with Crippen LogP contribution in [0.15, 0.2) is 18.3 Å². The lowest BCUT2D eigenvalue weighted by molar-refractivity contribution is 0.217. The van der Waals surface area contributed by atoms with Gasteiger partial charge in [-0.3, -0.25) is 0 Å². The van der Waals surface area contributed by atoms with E-state index >= 15 is 0 Å². The molecule has 0 radical (unpaired) electrons. The van der Waals surface area contributed by atoms with E-state index < -0.39 is 0 Å². The van der Waals surface area contributed by atoms with Gasteiger partial charge in [-0.15, -0.1) is 0 Å². The number of fused-ring (bicyclic) bond motifs is 9. The lowest BCUT2D eigenvalue weighted by Crippen LogP contribution is -2.32. The van der Waals surface area contributed by atoms with Gasteiger partial charge in [-0.2, -0.15) is 9.78 Å². The van der Waals surface area contributed by atoms with Gasteiger partial charge in [0.05, 0.1) is 11.7 Å². The van der Waals surface area contributed by atoms with E-state index in [0.717, 1.165) is 35.2 Å². The largest absolute Gasteiger partial charge is 0.384 e. The molecule has 2 heterocycles. The number of hydrogen-bond donors (Lipinski definition) is 1. The SMILES string of the molecule is CN(C)C(=O)n1ncc2c3c(ccc21)NCC1C2CCC(C2)C31. The van der Waals surface area contributed by atoms with Crippen molar-refractivity contribution in [3.8, 4) is 0 Å². The maximum atomic E-state index is 12.4. The fraction of sp³-hybridized carbons (Fsp3) is 0.556. The first-order valence-corrected chi connectivity index (χ1v) is 8.61. The van der Waals surface area contributed by atoms with Gasteiger partial charge in [-0.25, -0.2) is 4.79 Å². The zero-order valence-corrected chi connectivity index (χ0v) is 13.6. The number of hydrogen-bond acceptors (Lipinski definition) is 3. The molecule has 2 fully saturated rings. The minimum absolute atomic E-state index is 0.0896. The molecule has 3 aliphatic rings. The van der Waals surface area contributed by atoms with Crippen molar-refractivity contribution in [2.75, 3.05) is 26.0 Å². The summed E-state index contributed by atoms with van der Waals surface area (Å²) in [6.45, 7) is 1.11. The number of aromatic nitrogens is 2. The molecule has 4 unspecified atom stereocenters. The van der Waals surface area contributed by atoms with E-state index in [4.69, 9.17) is 0 Å². The second kappa shape index (κ2) is 4.49. The average Bonchev–Trinajstić information content (AvgIpc) is 3.27. The minimum atomic E-state index is -0.0896. The van der Waals surface area contributed by atoms with E-state index in [1.54, 1.807) is 19.0 Å². The summed E-state index contributed by atoms with van der Waals surface area (Å²) in [5.74, 6) is 3.13. The summed E-state index contributed by atoms with van der Waals surface area (Å²) >= 11 is 0. The number of carbonyl (C=O) groups is 1. The molecule has 1 amide bonds. The van der Waals surface area contributed by atoms with Crippen molar-refractivity contribution in [2.24, 2.45) is 17.8 Å². The molecule has 1 N–H and O–H groups in total. The van der Waals surface area contributed by atoms with Crippen LogP contribution in [0.3, 0.4) is 0 Å². The van der Waals surface area contributed by atoms with Gasteiger partial charge >= 0.3 is 6.03 Å². The lowest BCUT2D eigenvalue weighted by Gasteiger charge is -2.37. The van der Waals surface area contributed by atoms with Crippen LogP contribution in [-0.4, -0.2) is 41.4 Å². The topological polar surface area (TPSA) is 50.2 Å². The Morgan fingerprint density at radius 2 is 2.13 bits per heavy atom. The van der Waals surface area contributed by atoms with Gasteiger partial charge in [-0.05, 0) is 60.6 Å². The van der Waals surface area contributed by atoms with E-state index in [2.05, 4.69) is 16.5 Å². The quantitative estimate of drug-likeness (QED) is 0.813. The van der Waals surface area contributed by atoms with Crippen LogP contribution in [0.25, 0.3) is 10.9 Å². The monoisotopic (exact) mass is 310 g/mol. The normalized spacial score (nSPS) is 30.9. The Morgan fingerprint density at radius 1 is 1.30 bits per heavy atom. The van der Waals surface area contributed by atoms with E-state index in [1.165, 1.54) is 35.2 Å². The molecule has 4 atom stereocenters. The standard InChI is InChI=1S/C18H22N4O/c1-21(2)18(23)22-15-6-5-14-17(13(15)9-20-22)16-11-4-3-10(7-11)12(16)8-19-14/h5-6,9-12,16,19H,3-4,7-8H2,1-2H3. The predicted molar refractivity (Wildman–Crippen MR) is 89.8 cm³/mol. The smallest absolute Gasteiger partial charge is 0.344 e. The molecule has 5 nitrogen and oxygen atoms in total. The number of benzene rings is 1. The summed E-state index contributed by atoms with van der Waals surface area (Å²) in [5, 5.41) is 9.20. The van der Waals surface area contributed by atoms with Crippen LogP contribution in [0.5, 0.6) is 0 Å². The third-order valence-corrected chi connectivity index (χ3v) is 6.31. The summed E-state index contributed by atoms with van der Waals surface area (Å²) in [6.07, 6.45) is 6.05. The maximum Gasteiger partial charge on any atom is 0.344 e. The van der Waals surface area contributed by atoms with Gasteiger partial charge < -0.3 is 10.2 Å². The van der Waals surface area contributed by atoms with Crippen molar-refractivity contribution < 1.29 is 4.79 Å². The second-order valence-electron chi connectivity index (χ2n) is 7.60. The van der Waals surface area contributed by atoms with Crippen molar-refractivity contribution in [3.05, 3.63) is 23.9 Å². The van der Waals surface area contributed by atoms with Crippen LogP contribution >= 0.6 is 0 Å². The van der Waals surface area contributed by atoms with Crippen molar-refractivity contribution in [2.45, 2.75) is 25.2 Å². The minimum Gasteiger partial charge on any atom is -0.384 e. The number of rotatable bonds is 0. The Labute approximate surface area is 135 Å². The van der Waals surface area contributed by atoms with E-state index in [9.17, 15) is 4.79 Å². The summed E-state index contributed by atoms with van der Waals surface area (Å²) in [5.41, 5.74) is 3.61. The van der Waals surface area contributed by atoms with Crippen LogP contribution in [0, 0.1) is 17.8 Å². The highest BCUT2D eigenvalue weighted by Crippen LogP contribution is 2.60. The molecule has 1 aromatic carbocycles. The summed E-state index contributed by atoms with van der Waals surface area (Å²) < 4.78 is 1.53. The first kappa shape index (κ1) is 13.4. The fourth-order valence-electron chi connectivity index (χ4n) is 5.36. The number of amides is 1. The van der Waals surface area contributed by atoms with Crippen LogP contribution in [0.2, 0.25) is 0 Å². The van der Waals surface area contributed by atoms with Crippen LogP contribution in [0.4, 0.5) is 10.5 Å². The molecule has 0 saturated heterocycles. The van der Waals surface area contributed by atoms with Crippen molar-refractivity contribution in [1.82, 2.24) is 14.7 Å². The van der Waals surface area contributed by atoms with Gasteiger partial charge in [0.25, 0.3) is 0 Å². The highest BCUT2D eigenvalue weighted by atomic mass is 16.2. The maximum absolute atomic E-state index is 12.4. The number of anilines is 1. The Balaban J connectivity index is 1.70. The third-order valence-electron chi connectivity index (χ3n) is 6.31. The first-order chi connectivity index (χ1) is 11.1. The van der Waals surface area contributed by atoms with Gasteiger partial charge in [-0.1, -0.05) is 0 Å². The molecule has 0 spiro atoms. The molecule has 23 heavy (non-hydrogen) atoms. The van der Waals surface area contributed by atoms with E-state index in [1.807, 2.05) is 12.3 Å².